The lowest BCUT2D eigenvalue weighted by Gasteiger charge is -2.18. The van der Waals surface area contributed by atoms with Crippen LogP contribution in [0.1, 0.15) is 46.2 Å². The monoisotopic (exact) mass is 376 g/mol. The minimum Gasteiger partial charge on any atom is -0.389 e. The topological polar surface area (TPSA) is 79.2 Å². The molecule has 3 N–H and O–H groups in total. The first-order valence-electron chi connectivity index (χ1n) is 9.54. The molecule has 2 heterocycles. The van der Waals surface area contributed by atoms with Gasteiger partial charge in [-0.05, 0) is 30.2 Å². The van der Waals surface area contributed by atoms with Crippen LogP contribution in [0.4, 0.5) is 5.69 Å². The largest absolute Gasteiger partial charge is 0.389 e. The number of hydrogen-bond donors (Lipinski definition) is 3. The number of nitrogens with one attached hydrogen (secondary N) is 2. The number of aromatic nitrogens is 2. The van der Waals surface area contributed by atoms with Gasteiger partial charge in [0.2, 0.25) is 0 Å². The van der Waals surface area contributed by atoms with E-state index in [0.717, 1.165) is 30.2 Å². The second-order valence-corrected chi connectivity index (χ2v) is 7.07. The van der Waals surface area contributed by atoms with E-state index in [-0.39, 0.29) is 5.91 Å². The van der Waals surface area contributed by atoms with Crippen molar-refractivity contribution in [2.75, 3.05) is 11.9 Å². The van der Waals surface area contributed by atoms with Crippen molar-refractivity contribution < 1.29 is 9.90 Å². The third-order valence-electron chi connectivity index (χ3n) is 5.00. The normalized spacial score (nSPS) is 14.4. The Hall–Kier alpha value is -2.96. The number of carbonyl (C=O) groups is 1. The minimum absolute atomic E-state index is 0.227. The van der Waals surface area contributed by atoms with E-state index in [9.17, 15) is 9.90 Å². The Kier molecular flexibility index (Phi) is 5.23. The van der Waals surface area contributed by atoms with E-state index in [2.05, 4.69) is 27.3 Å². The Labute approximate surface area is 164 Å². The van der Waals surface area contributed by atoms with Crippen LogP contribution in [0.3, 0.4) is 0 Å². The minimum atomic E-state index is -0.584. The molecule has 0 radical (unpaired) electrons. The average molecular weight is 376 g/mol. The third kappa shape index (κ3) is 3.83. The lowest BCUT2D eigenvalue weighted by Crippen LogP contribution is -2.30. The van der Waals surface area contributed by atoms with Gasteiger partial charge in [-0.3, -0.25) is 4.79 Å². The summed E-state index contributed by atoms with van der Waals surface area (Å²) < 4.78 is 2.16. The van der Waals surface area contributed by atoms with Crippen LogP contribution in [0.2, 0.25) is 0 Å². The molecule has 3 aromatic rings. The van der Waals surface area contributed by atoms with Crippen molar-refractivity contribution in [1.82, 2.24) is 14.9 Å². The van der Waals surface area contributed by atoms with Gasteiger partial charge in [0.25, 0.3) is 5.91 Å². The Morgan fingerprint density at radius 2 is 2.07 bits per heavy atom. The molecule has 2 aromatic carbocycles. The summed E-state index contributed by atoms with van der Waals surface area (Å²) in [5, 5.41) is 16.0. The van der Waals surface area contributed by atoms with Gasteiger partial charge < -0.3 is 20.3 Å². The van der Waals surface area contributed by atoms with E-state index >= 15 is 0 Å². The lowest BCUT2D eigenvalue weighted by atomic mass is 10.1. The number of aliphatic hydroxyl groups excluding tert-OH is 1. The van der Waals surface area contributed by atoms with Crippen molar-refractivity contribution in [1.29, 1.82) is 0 Å². The predicted molar refractivity (Wildman–Crippen MR) is 108 cm³/mol. The maximum absolute atomic E-state index is 13.0. The molecule has 1 aromatic heterocycles. The highest BCUT2D eigenvalue weighted by molar-refractivity contribution is 6.03. The van der Waals surface area contributed by atoms with Crippen LogP contribution >= 0.6 is 0 Å². The molecule has 28 heavy (non-hydrogen) atoms. The second-order valence-electron chi connectivity index (χ2n) is 7.07. The summed E-state index contributed by atoms with van der Waals surface area (Å²) >= 11 is 0. The number of carbonyl (C=O) groups excluding carboxylic acids is 1. The zero-order valence-corrected chi connectivity index (χ0v) is 15.9. The van der Waals surface area contributed by atoms with Gasteiger partial charge in [0.1, 0.15) is 5.82 Å². The van der Waals surface area contributed by atoms with Crippen molar-refractivity contribution in [3.05, 3.63) is 82.9 Å². The first-order valence-corrected chi connectivity index (χ1v) is 9.54. The van der Waals surface area contributed by atoms with Crippen LogP contribution in [-0.4, -0.2) is 27.1 Å². The molecule has 1 amide bonds. The highest BCUT2D eigenvalue weighted by Crippen LogP contribution is 2.21. The molecule has 0 fully saturated rings. The zero-order valence-electron chi connectivity index (χ0n) is 15.9. The molecule has 0 saturated heterocycles. The first-order chi connectivity index (χ1) is 13.6. The molecule has 0 bridgehead atoms. The molecular weight excluding hydrogens is 352 g/mol. The molecule has 6 nitrogen and oxygen atoms in total. The maximum Gasteiger partial charge on any atom is 0.276 e. The first kappa shape index (κ1) is 18.4. The van der Waals surface area contributed by atoms with Crippen molar-refractivity contribution >= 4 is 11.6 Å². The smallest absolute Gasteiger partial charge is 0.276 e. The Morgan fingerprint density at radius 1 is 1.25 bits per heavy atom. The summed E-state index contributed by atoms with van der Waals surface area (Å²) in [5.74, 6) is 0.681. The molecule has 0 unspecified atom stereocenters. The van der Waals surface area contributed by atoms with Crippen LogP contribution in [0.25, 0.3) is 0 Å². The molecule has 0 spiro atoms. The second kappa shape index (κ2) is 7.96. The summed E-state index contributed by atoms with van der Waals surface area (Å²) in [5.41, 5.74) is 3.96. The van der Waals surface area contributed by atoms with Crippen LogP contribution in [-0.2, 0) is 19.5 Å². The van der Waals surface area contributed by atoms with Crippen molar-refractivity contribution in [3.63, 3.8) is 0 Å². The molecule has 1 aliphatic rings. The zero-order chi connectivity index (χ0) is 19.5. The molecule has 4 rings (SSSR count). The number of nitrogens with zero attached hydrogens (tertiary/aromatic N) is 2. The number of amides is 1. The summed E-state index contributed by atoms with van der Waals surface area (Å²) in [6.07, 6.45) is 0.109. The molecule has 1 atom stereocenters. The SMILES string of the molecule is C[C@H](O)c1cccc(NC(=O)c2nc(Cc3ccccc3)n3c2CNCC3)c1. The molecule has 144 valence electrons. The number of fused-ring (bicyclic) bond motifs is 1. The Morgan fingerprint density at radius 3 is 2.86 bits per heavy atom. The van der Waals surface area contributed by atoms with Gasteiger partial charge in [-0.2, -0.15) is 0 Å². The fraction of sp³-hybridized carbons (Fsp3) is 0.273. The number of aliphatic hydroxyl groups is 1. The van der Waals surface area contributed by atoms with Crippen molar-refractivity contribution in [2.24, 2.45) is 0 Å². The molecule has 0 saturated carbocycles. The van der Waals surface area contributed by atoms with Crippen molar-refractivity contribution in [3.8, 4) is 0 Å². The number of imidazole rings is 1. The van der Waals surface area contributed by atoms with Gasteiger partial charge in [0.05, 0.1) is 11.8 Å². The highest BCUT2D eigenvalue weighted by atomic mass is 16.3. The molecular formula is C22H24N4O2. The summed E-state index contributed by atoms with van der Waals surface area (Å²) in [7, 11) is 0. The van der Waals surface area contributed by atoms with E-state index in [1.165, 1.54) is 5.56 Å². The number of rotatable bonds is 5. The molecule has 1 aliphatic heterocycles. The van der Waals surface area contributed by atoms with E-state index < -0.39 is 6.10 Å². The highest BCUT2D eigenvalue weighted by Gasteiger charge is 2.24. The summed E-state index contributed by atoms with van der Waals surface area (Å²) in [6.45, 7) is 3.99. The maximum atomic E-state index is 13.0. The van der Waals surface area contributed by atoms with E-state index in [1.807, 2.05) is 36.4 Å². The Bertz CT molecular complexity index is 979. The van der Waals surface area contributed by atoms with Gasteiger partial charge in [-0.15, -0.1) is 0 Å². The van der Waals surface area contributed by atoms with E-state index in [0.29, 0.717) is 24.3 Å². The fourth-order valence-corrected chi connectivity index (χ4v) is 3.54. The van der Waals surface area contributed by atoms with Gasteiger partial charge in [-0.25, -0.2) is 4.98 Å². The number of hydrogen-bond acceptors (Lipinski definition) is 4. The van der Waals surface area contributed by atoms with E-state index in [1.54, 1.807) is 13.0 Å². The summed E-state index contributed by atoms with van der Waals surface area (Å²) in [4.78, 5) is 17.7. The molecule has 6 heteroatoms. The van der Waals surface area contributed by atoms with E-state index in [4.69, 9.17) is 4.98 Å². The van der Waals surface area contributed by atoms with Crippen molar-refractivity contribution in [2.45, 2.75) is 32.5 Å². The van der Waals surface area contributed by atoms with Gasteiger partial charge >= 0.3 is 0 Å². The van der Waals surface area contributed by atoms with Gasteiger partial charge in [0, 0.05) is 31.7 Å². The third-order valence-corrected chi connectivity index (χ3v) is 5.00. The van der Waals surface area contributed by atoms with Gasteiger partial charge in [-0.1, -0.05) is 42.5 Å². The standard InChI is InChI=1S/C22H24N4O2/c1-15(27)17-8-5-9-18(13-17)24-22(28)21-19-14-23-10-11-26(19)20(25-21)12-16-6-3-2-4-7-16/h2-9,13,15,23,27H,10-12,14H2,1H3,(H,24,28)/t15-/m0/s1. The van der Waals surface area contributed by atoms with Crippen LogP contribution in [0.15, 0.2) is 54.6 Å². The lowest BCUT2D eigenvalue weighted by molar-refractivity contribution is 0.102. The van der Waals surface area contributed by atoms with Crippen LogP contribution < -0.4 is 10.6 Å². The van der Waals surface area contributed by atoms with Crippen LogP contribution in [0, 0.1) is 0 Å². The number of benzene rings is 2. The Balaban J connectivity index is 1.62. The average Bonchev–Trinajstić information content (AvgIpc) is 3.08. The molecule has 0 aliphatic carbocycles. The predicted octanol–water partition coefficient (Wildman–Crippen LogP) is 2.88. The number of anilines is 1. The van der Waals surface area contributed by atoms with Crippen LogP contribution in [0.5, 0.6) is 0 Å². The summed E-state index contributed by atoms with van der Waals surface area (Å²) in [6, 6.07) is 17.4. The quantitative estimate of drug-likeness (QED) is 0.640. The van der Waals surface area contributed by atoms with Gasteiger partial charge in [0.15, 0.2) is 5.69 Å². The fourth-order valence-electron chi connectivity index (χ4n) is 3.54.